The maximum atomic E-state index is 2.74. The fourth-order valence-corrected chi connectivity index (χ4v) is 8.66. The standard InChI is InChI=1S/C50H100N2/c1-4-7-10-13-16-19-22-24-26-27-28-29-31-33-36-39-42-45-50-51(46-43-40-37-34-21-18-15-12-9-6-3)48-49-52(50)47-44-41-38-35-32-30-25-23-20-17-14-11-8-5-2/h48-50H,4-47H2,1-3H3. The second kappa shape index (κ2) is 41.5. The zero-order valence-electron chi connectivity index (χ0n) is 36.7. The highest BCUT2D eigenvalue weighted by molar-refractivity contribution is 4.97. The van der Waals surface area contributed by atoms with Crippen molar-refractivity contribution >= 4 is 0 Å². The van der Waals surface area contributed by atoms with Crippen LogP contribution in [0.1, 0.15) is 290 Å². The van der Waals surface area contributed by atoms with Crippen LogP contribution >= 0.6 is 0 Å². The van der Waals surface area contributed by atoms with E-state index < -0.39 is 0 Å². The first-order valence-corrected chi connectivity index (χ1v) is 25.0. The highest BCUT2D eigenvalue weighted by Gasteiger charge is 2.24. The smallest absolute Gasteiger partial charge is 0.101 e. The van der Waals surface area contributed by atoms with Crippen molar-refractivity contribution in [2.24, 2.45) is 0 Å². The van der Waals surface area contributed by atoms with Gasteiger partial charge in [0.1, 0.15) is 6.17 Å². The monoisotopic (exact) mass is 729 g/mol. The molecule has 0 N–H and O–H groups in total. The fourth-order valence-electron chi connectivity index (χ4n) is 8.66. The van der Waals surface area contributed by atoms with Crippen molar-refractivity contribution in [3.05, 3.63) is 12.4 Å². The van der Waals surface area contributed by atoms with Gasteiger partial charge < -0.3 is 9.80 Å². The van der Waals surface area contributed by atoms with Gasteiger partial charge in [-0.05, 0) is 25.7 Å². The third-order valence-electron chi connectivity index (χ3n) is 12.3. The molecule has 310 valence electrons. The Hall–Kier alpha value is -0.660. The van der Waals surface area contributed by atoms with E-state index in [0.717, 1.165) is 0 Å². The Morgan fingerprint density at radius 2 is 0.442 bits per heavy atom. The molecule has 2 nitrogen and oxygen atoms in total. The van der Waals surface area contributed by atoms with Gasteiger partial charge in [0.15, 0.2) is 0 Å². The molecule has 1 heterocycles. The Morgan fingerprint density at radius 1 is 0.250 bits per heavy atom. The third kappa shape index (κ3) is 32.7. The Balaban J connectivity index is 2.18. The predicted molar refractivity (Wildman–Crippen MR) is 237 cm³/mol. The molecule has 0 aromatic rings. The lowest BCUT2D eigenvalue weighted by Crippen LogP contribution is -2.39. The van der Waals surface area contributed by atoms with E-state index in [1.54, 1.807) is 0 Å². The summed E-state index contributed by atoms with van der Waals surface area (Å²) in [6, 6.07) is 0. The van der Waals surface area contributed by atoms with E-state index >= 15 is 0 Å². The van der Waals surface area contributed by atoms with Gasteiger partial charge in [-0.2, -0.15) is 0 Å². The molecule has 1 atom stereocenters. The first kappa shape index (κ1) is 49.4. The molecule has 1 rings (SSSR count). The molecule has 2 heteroatoms. The molecule has 0 spiro atoms. The van der Waals surface area contributed by atoms with E-state index in [0.29, 0.717) is 6.17 Å². The van der Waals surface area contributed by atoms with Gasteiger partial charge in [0.05, 0.1) is 0 Å². The molecule has 1 aliphatic rings. The topological polar surface area (TPSA) is 6.48 Å². The van der Waals surface area contributed by atoms with E-state index in [-0.39, 0.29) is 0 Å². The lowest BCUT2D eigenvalue weighted by atomic mass is 10.0. The molecule has 0 radical (unpaired) electrons. The molecule has 1 unspecified atom stereocenters. The van der Waals surface area contributed by atoms with Crippen LogP contribution in [0.15, 0.2) is 12.4 Å². The molecule has 1 aliphatic heterocycles. The van der Waals surface area contributed by atoms with Crippen LogP contribution in [0.25, 0.3) is 0 Å². The number of rotatable bonds is 44. The van der Waals surface area contributed by atoms with Crippen LogP contribution in [0.4, 0.5) is 0 Å². The lowest BCUT2D eigenvalue weighted by molar-refractivity contribution is 0.135. The minimum absolute atomic E-state index is 0.636. The SMILES string of the molecule is CCCCCCCCCCCCCCCCCCCC1N(CCCCCCCCCCCC)C=CN1CCCCCCCCCCCCCCCC. The molecule has 0 aliphatic carbocycles. The van der Waals surface area contributed by atoms with Crippen LogP contribution in [0.5, 0.6) is 0 Å². The largest absolute Gasteiger partial charge is 0.356 e. The Kier molecular flexibility index (Phi) is 39.4. The highest BCUT2D eigenvalue weighted by atomic mass is 15.4. The first-order chi connectivity index (χ1) is 25.8. The van der Waals surface area contributed by atoms with Crippen LogP contribution in [0, 0.1) is 0 Å². The molecular weight excluding hydrogens is 629 g/mol. The van der Waals surface area contributed by atoms with Gasteiger partial charge in [-0.25, -0.2) is 0 Å². The van der Waals surface area contributed by atoms with Crippen LogP contribution in [0.2, 0.25) is 0 Å². The second-order valence-corrected chi connectivity index (χ2v) is 17.5. The fraction of sp³-hybridized carbons (Fsp3) is 0.960. The summed E-state index contributed by atoms with van der Waals surface area (Å²) < 4.78 is 0. The van der Waals surface area contributed by atoms with Crippen molar-refractivity contribution in [3.8, 4) is 0 Å². The quantitative estimate of drug-likeness (QED) is 0.0576. The van der Waals surface area contributed by atoms with Crippen LogP contribution in [-0.4, -0.2) is 29.1 Å². The maximum Gasteiger partial charge on any atom is 0.101 e. The number of hydrogen-bond acceptors (Lipinski definition) is 2. The minimum atomic E-state index is 0.636. The minimum Gasteiger partial charge on any atom is -0.356 e. The van der Waals surface area contributed by atoms with Crippen LogP contribution in [-0.2, 0) is 0 Å². The summed E-state index contributed by atoms with van der Waals surface area (Å²) in [5.74, 6) is 0. The molecule has 0 amide bonds. The summed E-state index contributed by atoms with van der Waals surface area (Å²) in [5.41, 5.74) is 0. The number of unbranched alkanes of at least 4 members (excludes halogenated alkanes) is 38. The molecule has 0 aromatic carbocycles. The van der Waals surface area contributed by atoms with Gasteiger partial charge in [-0.3, -0.25) is 0 Å². The van der Waals surface area contributed by atoms with Crippen LogP contribution < -0.4 is 0 Å². The summed E-state index contributed by atoms with van der Waals surface area (Å²) in [7, 11) is 0. The maximum absolute atomic E-state index is 2.74. The van der Waals surface area contributed by atoms with Crippen molar-refractivity contribution < 1.29 is 0 Å². The molecule has 0 saturated carbocycles. The summed E-state index contributed by atoms with van der Waals surface area (Å²) in [6.45, 7) is 9.49. The number of hydrogen-bond donors (Lipinski definition) is 0. The number of nitrogens with zero attached hydrogens (tertiary/aromatic N) is 2. The van der Waals surface area contributed by atoms with E-state index in [9.17, 15) is 0 Å². The van der Waals surface area contributed by atoms with Gasteiger partial charge in [0.25, 0.3) is 0 Å². The molecular formula is C50H100N2. The normalized spacial score (nSPS) is 14.4. The Morgan fingerprint density at radius 3 is 0.673 bits per heavy atom. The average molecular weight is 729 g/mol. The lowest BCUT2D eigenvalue weighted by Gasteiger charge is -2.33. The van der Waals surface area contributed by atoms with Crippen molar-refractivity contribution in [2.75, 3.05) is 13.1 Å². The first-order valence-electron chi connectivity index (χ1n) is 25.0. The van der Waals surface area contributed by atoms with E-state index in [1.165, 1.54) is 283 Å². The van der Waals surface area contributed by atoms with Crippen molar-refractivity contribution in [3.63, 3.8) is 0 Å². The van der Waals surface area contributed by atoms with Gasteiger partial charge in [-0.1, -0.05) is 265 Å². The van der Waals surface area contributed by atoms with Gasteiger partial charge in [0.2, 0.25) is 0 Å². The van der Waals surface area contributed by atoms with E-state index in [1.807, 2.05) is 0 Å². The van der Waals surface area contributed by atoms with E-state index in [2.05, 4.69) is 43.0 Å². The molecule has 52 heavy (non-hydrogen) atoms. The van der Waals surface area contributed by atoms with E-state index in [4.69, 9.17) is 0 Å². The van der Waals surface area contributed by atoms with Crippen LogP contribution in [0.3, 0.4) is 0 Å². The summed E-state index contributed by atoms with van der Waals surface area (Å²) >= 11 is 0. The molecule has 0 aromatic heterocycles. The molecule has 0 saturated heterocycles. The molecule has 0 fully saturated rings. The van der Waals surface area contributed by atoms with Crippen molar-refractivity contribution in [1.29, 1.82) is 0 Å². The van der Waals surface area contributed by atoms with Crippen molar-refractivity contribution in [2.45, 2.75) is 297 Å². The summed E-state index contributed by atoms with van der Waals surface area (Å²) in [6.07, 6.45) is 66.4. The highest BCUT2D eigenvalue weighted by Crippen LogP contribution is 2.24. The second-order valence-electron chi connectivity index (χ2n) is 17.5. The van der Waals surface area contributed by atoms with Gasteiger partial charge in [0, 0.05) is 25.5 Å². The Labute approximate surface area is 330 Å². The summed E-state index contributed by atoms with van der Waals surface area (Å²) in [5, 5.41) is 0. The Bertz CT molecular complexity index is 688. The van der Waals surface area contributed by atoms with Crippen molar-refractivity contribution in [1.82, 2.24) is 9.80 Å². The predicted octanol–water partition coefficient (Wildman–Crippen LogP) is 17.8. The summed E-state index contributed by atoms with van der Waals surface area (Å²) in [4.78, 5) is 5.48. The van der Waals surface area contributed by atoms with Gasteiger partial charge in [-0.15, -0.1) is 0 Å². The average Bonchev–Trinajstić information content (AvgIpc) is 3.54. The zero-order valence-corrected chi connectivity index (χ0v) is 36.7. The molecule has 0 bridgehead atoms. The third-order valence-corrected chi connectivity index (χ3v) is 12.3. The van der Waals surface area contributed by atoms with Gasteiger partial charge >= 0.3 is 0 Å². The zero-order chi connectivity index (χ0) is 37.3.